The van der Waals surface area contributed by atoms with Crippen LogP contribution in [0.15, 0.2) is 12.1 Å². The zero-order valence-corrected chi connectivity index (χ0v) is 10.7. The van der Waals surface area contributed by atoms with E-state index < -0.39 is 0 Å². The summed E-state index contributed by atoms with van der Waals surface area (Å²) in [5.41, 5.74) is 5.97. The predicted molar refractivity (Wildman–Crippen MR) is 67.0 cm³/mol. The largest absolute Gasteiger partial charge is 0.336 e. The molecule has 0 bridgehead atoms. The maximum atomic E-state index is 12.1. The molecule has 16 heavy (non-hydrogen) atoms. The summed E-state index contributed by atoms with van der Waals surface area (Å²) in [7, 11) is 0. The Morgan fingerprint density at radius 1 is 1.62 bits per heavy atom. The number of halogens is 1. The quantitative estimate of drug-likeness (QED) is 0.840. The molecule has 0 saturated carbocycles. The minimum atomic E-state index is 0.0549. The lowest BCUT2D eigenvalue weighted by molar-refractivity contribution is 0.0677. The van der Waals surface area contributed by atoms with Gasteiger partial charge in [-0.3, -0.25) is 4.79 Å². The zero-order chi connectivity index (χ0) is 11.7. The van der Waals surface area contributed by atoms with Crippen molar-refractivity contribution in [3.63, 3.8) is 0 Å². The molecule has 0 spiro atoms. The zero-order valence-electron chi connectivity index (χ0n) is 9.15. The van der Waals surface area contributed by atoms with Gasteiger partial charge in [0.1, 0.15) is 0 Å². The molecule has 2 atom stereocenters. The molecule has 1 aliphatic heterocycles. The molecular weight excluding hydrogens is 244 g/mol. The molecule has 2 rings (SSSR count). The maximum Gasteiger partial charge on any atom is 0.264 e. The van der Waals surface area contributed by atoms with Gasteiger partial charge >= 0.3 is 0 Å². The van der Waals surface area contributed by atoms with Gasteiger partial charge in [0.25, 0.3) is 5.91 Å². The molecule has 1 aliphatic rings. The number of hydrogen-bond acceptors (Lipinski definition) is 3. The number of nitrogens with zero attached hydrogens (tertiary/aromatic N) is 1. The molecule has 2 N–H and O–H groups in total. The summed E-state index contributed by atoms with van der Waals surface area (Å²) in [6, 6.07) is 3.62. The number of piperidine rings is 1. The van der Waals surface area contributed by atoms with Crippen molar-refractivity contribution in [2.75, 3.05) is 13.1 Å². The standard InChI is InChI=1S/C11H15ClN2OS/c1-7-4-5-14(6-8(7)13)11(15)9-2-3-10(12)16-9/h2-3,7-8H,4-6,13H2,1H3. The van der Waals surface area contributed by atoms with Gasteiger partial charge < -0.3 is 10.6 Å². The molecule has 1 fully saturated rings. The van der Waals surface area contributed by atoms with Gasteiger partial charge in [-0.1, -0.05) is 18.5 Å². The smallest absolute Gasteiger partial charge is 0.264 e. The van der Waals surface area contributed by atoms with Crippen LogP contribution in [0.25, 0.3) is 0 Å². The Bertz CT molecular complexity index is 393. The Morgan fingerprint density at radius 2 is 2.38 bits per heavy atom. The Balaban J connectivity index is 2.06. The average Bonchev–Trinajstić information content (AvgIpc) is 2.68. The van der Waals surface area contributed by atoms with Gasteiger partial charge in [0, 0.05) is 19.1 Å². The maximum absolute atomic E-state index is 12.1. The van der Waals surface area contributed by atoms with Crippen molar-refractivity contribution < 1.29 is 4.79 Å². The molecule has 1 aromatic heterocycles. The molecule has 5 heteroatoms. The summed E-state index contributed by atoms with van der Waals surface area (Å²) in [5.74, 6) is 0.551. The van der Waals surface area contributed by atoms with Gasteiger partial charge in [0.15, 0.2) is 0 Å². The van der Waals surface area contributed by atoms with Crippen LogP contribution in [0.5, 0.6) is 0 Å². The van der Waals surface area contributed by atoms with Crippen molar-refractivity contribution in [2.24, 2.45) is 11.7 Å². The number of thiophene rings is 1. The normalized spacial score (nSPS) is 25.8. The van der Waals surface area contributed by atoms with E-state index in [1.165, 1.54) is 11.3 Å². The topological polar surface area (TPSA) is 46.3 Å². The first-order valence-corrected chi connectivity index (χ1v) is 6.57. The van der Waals surface area contributed by atoms with Crippen molar-refractivity contribution in [3.8, 4) is 0 Å². The van der Waals surface area contributed by atoms with Crippen molar-refractivity contribution in [1.29, 1.82) is 0 Å². The van der Waals surface area contributed by atoms with E-state index in [2.05, 4.69) is 6.92 Å². The molecule has 1 aromatic rings. The van der Waals surface area contributed by atoms with Crippen LogP contribution in [-0.4, -0.2) is 29.9 Å². The molecule has 1 amide bonds. The summed E-state index contributed by atoms with van der Waals surface area (Å²) < 4.78 is 0.651. The van der Waals surface area contributed by atoms with E-state index in [1.807, 2.05) is 4.90 Å². The summed E-state index contributed by atoms with van der Waals surface area (Å²) in [6.07, 6.45) is 0.978. The molecular formula is C11H15ClN2OS. The van der Waals surface area contributed by atoms with E-state index in [-0.39, 0.29) is 11.9 Å². The Kier molecular flexibility index (Phi) is 3.52. The van der Waals surface area contributed by atoms with Gasteiger partial charge in [0.2, 0.25) is 0 Å². The molecule has 2 unspecified atom stereocenters. The number of nitrogens with two attached hydrogens (primary N) is 1. The SMILES string of the molecule is CC1CCN(C(=O)c2ccc(Cl)s2)CC1N. The van der Waals surface area contributed by atoms with E-state index in [0.717, 1.165) is 13.0 Å². The van der Waals surface area contributed by atoms with E-state index in [4.69, 9.17) is 17.3 Å². The summed E-state index contributed by atoms with van der Waals surface area (Å²) in [5, 5.41) is 0. The lowest BCUT2D eigenvalue weighted by Gasteiger charge is -2.34. The highest BCUT2D eigenvalue weighted by atomic mass is 35.5. The molecule has 1 saturated heterocycles. The summed E-state index contributed by atoms with van der Waals surface area (Å²) >= 11 is 7.14. The highest BCUT2D eigenvalue weighted by Gasteiger charge is 2.27. The number of likely N-dealkylation sites (tertiary alicyclic amines) is 1. The molecule has 2 heterocycles. The lowest BCUT2D eigenvalue weighted by atomic mass is 9.94. The van der Waals surface area contributed by atoms with Gasteiger partial charge in [0.05, 0.1) is 9.21 Å². The molecule has 0 aromatic carbocycles. The minimum Gasteiger partial charge on any atom is -0.336 e. The third kappa shape index (κ3) is 2.39. The highest BCUT2D eigenvalue weighted by Crippen LogP contribution is 2.24. The second-order valence-electron chi connectivity index (χ2n) is 4.28. The van der Waals surface area contributed by atoms with Crippen LogP contribution < -0.4 is 5.73 Å². The van der Waals surface area contributed by atoms with Crippen LogP contribution in [0.3, 0.4) is 0 Å². The number of carbonyl (C=O) groups excluding carboxylic acids is 1. The van der Waals surface area contributed by atoms with E-state index in [1.54, 1.807) is 12.1 Å². The third-order valence-corrected chi connectivity index (χ3v) is 4.31. The third-order valence-electron chi connectivity index (χ3n) is 3.09. The Hall–Kier alpha value is -0.580. The first kappa shape index (κ1) is 11.9. The van der Waals surface area contributed by atoms with Crippen LogP contribution >= 0.6 is 22.9 Å². The van der Waals surface area contributed by atoms with Crippen LogP contribution in [0, 0.1) is 5.92 Å². The fourth-order valence-corrected chi connectivity index (χ4v) is 2.88. The van der Waals surface area contributed by atoms with Crippen molar-refractivity contribution in [2.45, 2.75) is 19.4 Å². The first-order chi connectivity index (χ1) is 7.58. The van der Waals surface area contributed by atoms with Crippen molar-refractivity contribution in [1.82, 2.24) is 4.90 Å². The molecule has 0 radical (unpaired) electrons. The minimum absolute atomic E-state index is 0.0549. The first-order valence-electron chi connectivity index (χ1n) is 5.38. The molecule has 0 aliphatic carbocycles. The highest BCUT2D eigenvalue weighted by molar-refractivity contribution is 7.17. The van der Waals surface area contributed by atoms with E-state index in [9.17, 15) is 4.79 Å². The van der Waals surface area contributed by atoms with Crippen molar-refractivity contribution in [3.05, 3.63) is 21.3 Å². The summed E-state index contributed by atoms with van der Waals surface area (Å²) in [6.45, 7) is 3.58. The number of rotatable bonds is 1. The van der Waals surface area contributed by atoms with E-state index in [0.29, 0.717) is 21.7 Å². The van der Waals surface area contributed by atoms with Gasteiger partial charge in [-0.2, -0.15) is 0 Å². The van der Waals surface area contributed by atoms with Crippen LogP contribution in [0.1, 0.15) is 23.0 Å². The number of hydrogen-bond donors (Lipinski definition) is 1. The fraction of sp³-hybridized carbons (Fsp3) is 0.545. The average molecular weight is 259 g/mol. The fourth-order valence-electron chi connectivity index (χ4n) is 1.87. The van der Waals surface area contributed by atoms with Gasteiger partial charge in [-0.15, -0.1) is 11.3 Å². The van der Waals surface area contributed by atoms with Gasteiger partial charge in [-0.25, -0.2) is 0 Å². The monoisotopic (exact) mass is 258 g/mol. The Morgan fingerprint density at radius 3 is 2.94 bits per heavy atom. The number of amides is 1. The second-order valence-corrected chi connectivity index (χ2v) is 6.00. The van der Waals surface area contributed by atoms with Crippen molar-refractivity contribution >= 4 is 28.8 Å². The lowest BCUT2D eigenvalue weighted by Crippen LogP contribution is -2.49. The van der Waals surface area contributed by atoms with Crippen LogP contribution in [-0.2, 0) is 0 Å². The molecule has 88 valence electrons. The van der Waals surface area contributed by atoms with Crippen LogP contribution in [0.2, 0.25) is 4.34 Å². The van der Waals surface area contributed by atoms with E-state index >= 15 is 0 Å². The van der Waals surface area contributed by atoms with Crippen LogP contribution in [0.4, 0.5) is 0 Å². The second kappa shape index (κ2) is 4.73. The molecule has 3 nitrogen and oxygen atoms in total. The number of carbonyl (C=O) groups is 1. The Labute approximate surface area is 104 Å². The predicted octanol–water partition coefficient (Wildman–Crippen LogP) is 2.21. The van der Waals surface area contributed by atoms with Gasteiger partial charge in [-0.05, 0) is 24.5 Å². The summed E-state index contributed by atoms with van der Waals surface area (Å²) in [4.78, 5) is 14.6.